The van der Waals surface area contributed by atoms with E-state index in [9.17, 15) is 0 Å². The van der Waals surface area contributed by atoms with Crippen molar-refractivity contribution in [1.82, 2.24) is 14.5 Å². The van der Waals surface area contributed by atoms with E-state index in [1.165, 1.54) is 0 Å². The van der Waals surface area contributed by atoms with Gasteiger partial charge in [-0.25, -0.2) is 9.97 Å². The summed E-state index contributed by atoms with van der Waals surface area (Å²) < 4.78 is 13.0. The van der Waals surface area contributed by atoms with Crippen molar-refractivity contribution in [3.63, 3.8) is 0 Å². The Morgan fingerprint density at radius 3 is 2.68 bits per heavy atom. The summed E-state index contributed by atoms with van der Waals surface area (Å²) in [5.41, 5.74) is 5.99. The Bertz CT molecular complexity index is 1510. The first kappa shape index (κ1) is 20.6. The Kier molecular flexibility index (Phi) is 5.08. The summed E-state index contributed by atoms with van der Waals surface area (Å²) in [6.07, 6.45) is 3.69. The molecule has 6 nitrogen and oxygen atoms in total. The lowest BCUT2D eigenvalue weighted by molar-refractivity contribution is 0.174. The van der Waals surface area contributed by atoms with Crippen LogP contribution in [-0.2, 0) is 6.54 Å². The third-order valence-corrected chi connectivity index (χ3v) is 6.41. The summed E-state index contributed by atoms with van der Waals surface area (Å²) in [4.78, 5) is 9.25. The number of hydrogen-bond donors (Lipinski definition) is 1. The number of benzene rings is 3. The highest BCUT2D eigenvalue weighted by atomic mass is 35.5. The molecule has 2 aromatic heterocycles. The van der Waals surface area contributed by atoms with E-state index in [0.717, 1.165) is 61.3 Å². The molecule has 3 aromatic carbocycles. The Balaban J connectivity index is 1.46. The van der Waals surface area contributed by atoms with Gasteiger partial charge in [0.2, 0.25) is 6.79 Å². The van der Waals surface area contributed by atoms with Crippen molar-refractivity contribution in [3.05, 3.63) is 95.4 Å². The van der Waals surface area contributed by atoms with E-state index in [-0.39, 0.29) is 6.79 Å². The fourth-order valence-electron chi connectivity index (χ4n) is 4.20. The van der Waals surface area contributed by atoms with E-state index >= 15 is 0 Å². The van der Waals surface area contributed by atoms with E-state index in [2.05, 4.69) is 44.2 Å². The predicted octanol–water partition coefficient (Wildman–Crippen LogP) is 6.39. The van der Waals surface area contributed by atoms with Crippen molar-refractivity contribution in [3.8, 4) is 28.3 Å². The minimum Gasteiger partial charge on any atom is -0.454 e. The van der Waals surface area contributed by atoms with Crippen LogP contribution < -0.4 is 14.8 Å². The van der Waals surface area contributed by atoms with Crippen LogP contribution in [0, 0.1) is 6.92 Å². The van der Waals surface area contributed by atoms with Crippen molar-refractivity contribution in [1.29, 1.82) is 0 Å². The lowest BCUT2D eigenvalue weighted by Crippen LogP contribution is -2.03. The molecule has 34 heavy (non-hydrogen) atoms. The molecule has 0 bridgehead atoms. The number of aromatic nitrogens is 3. The second kappa shape index (κ2) is 8.39. The number of anilines is 1. The van der Waals surface area contributed by atoms with Gasteiger partial charge in [-0.15, -0.1) is 0 Å². The standard InChI is InChI=1S/C27H21ClN4O2/c1-17-7-9-20(12-22(17)28)32-14-21(19-5-3-2-4-6-19)25-26(30-15-31-27(25)32)29-13-18-8-10-23-24(11-18)34-16-33-23/h2-12,14-15H,13,16H2,1H3,(H,29,30,31). The van der Waals surface area contributed by atoms with Gasteiger partial charge < -0.3 is 19.4 Å². The summed E-state index contributed by atoms with van der Waals surface area (Å²) in [5, 5.41) is 5.17. The monoisotopic (exact) mass is 468 g/mol. The van der Waals surface area contributed by atoms with Crippen LogP contribution in [0.4, 0.5) is 5.82 Å². The number of nitrogens with zero attached hydrogens (tertiary/aromatic N) is 3. The van der Waals surface area contributed by atoms with Crippen LogP contribution >= 0.6 is 11.6 Å². The van der Waals surface area contributed by atoms with Gasteiger partial charge >= 0.3 is 0 Å². The highest BCUT2D eigenvalue weighted by Crippen LogP contribution is 2.37. The maximum Gasteiger partial charge on any atom is 0.231 e. The predicted molar refractivity (Wildman–Crippen MR) is 134 cm³/mol. The van der Waals surface area contributed by atoms with Crippen molar-refractivity contribution in [2.45, 2.75) is 13.5 Å². The SMILES string of the molecule is Cc1ccc(-n2cc(-c3ccccc3)c3c(NCc4ccc5c(c4)OCO5)ncnc32)cc1Cl. The molecule has 7 heteroatoms. The summed E-state index contributed by atoms with van der Waals surface area (Å²) in [6.45, 7) is 2.84. The molecular weight excluding hydrogens is 448 g/mol. The van der Waals surface area contributed by atoms with Gasteiger partial charge in [0.05, 0.1) is 5.39 Å². The number of nitrogens with one attached hydrogen (secondary N) is 1. The first-order chi connectivity index (χ1) is 16.7. The van der Waals surface area contributed by atoms with Gasteiger partial charge in [0.25, 0.3) is 0 Å². The van der Waals surface area contributed by atoms with Crippen molar-refractivity contribution in [2.75, 3.05) is 12.1 Å². The van der Waals surface area contributed by atoms with Gasteiger partial charge in [-0.2, -0.15) is 0 Å². The quantitative estimate of drug-likeness (QED) is 0.324. The summed E-state index contributed by atoms with van der Waals surface area (Å²) in [6, 6.07) is 22.2. The number of rotatable bonds is 5. The van der Waals surface area contributed by atoms with E-state index in [1.807, 2.05) is 55.5 Å². The van der Waals surface area contributed by atoms with E-state index in [4.69, 9.17) is 21.1 Å². The Labute approximate surface area is 201 Å². The molecule has 0 radical (unpaired) electrons. The number of halogens is 1. The van der Waals surface area contributed by atoms with Crippen LogP contribution in [0.15, 0.2) is 79.3 Å². The number of ether oxygens (including phenoxy) is 2. The first-order valence-corrected chi connectivity index (χ1v) is 11.4. The van der Waals surface area contributed by atoms with Crippen molar-refractivity contribution >= 4 is 28.5 Å². The number of fused-ring (bicyclic) bond motifs is 2. The molecule has 1 aliphatic heterocycles. The third-order valence-electron chi connectivity index (χ3n) is 6.00. The van der Waals surface area contributed by atoms with E-state index in [0.29, 0.717) is 6.54 Å². The molecule has 1 aliphatic rings. The minimum atomic E-state index is 0.260. The molecule has 0 amide bonds. The van der Waals surface area contributed by atoms with Crippen LogP contribution in [0.2, 0.25) is 5.02 Å². The Hall–Kier alpha value is -4.03. The zero-order chi connectivity index (χ0) is 23.1. The van der Waals surface area contributed by atoms with Gasteiger partial charge in [-0.3, -0.25) is 0 Å². The number of hydrogen-bond acceptors (Lipinski definition) is 5. The lowest BCUT2D eigenvalue weighted by Gasteiger charge is -2.10. The molecule has 168 valence electrons. The second-order valence-electron chi connectivity index (χ2n) is 8.17. The highest BCUT2D eigenvalue weighted by molar-refractivity contribution is 6.31. The number of aryl methyl sites for hydroxylation is 1. The summed E-state index contributed by atoms with van der Waals surface area (Å²) in [7, 11) is 0. The van der Waals surface area contributed by atoms with E-state index < -0.39 is 0 Å². The van der Waals surface area contributed by atoms with Gasteiger partial charge in [-0.1, -0.05) is 54.1 Å². The smallest absolute Gasteiger partial charge is 0.231 e. The zero-order valence-electron chi connectivity index (χ0n) is 18.5. The molecule has 0 atom stereocenters. The average molecular weight is 469 g/mol. The largest absolute Gasteiger partial charge is 0.454 e. The lowest BCUT2D eigenvalue weighted by atomic mass is 10.1. The van der Waals surface area contributed by atoms with Crippen LogP contribution in [-0.4, -0.2) is 21.3 Å². The maximum absolute atomic E-state index is 6.45. The van der Waals surface area contributed by atoms with Crippen LogP contribution in [0.3, 0.4) is 0 Å². The summed E-state index contributed by atoms with van der Waals surface area (Å²) >= 11 is 6.45. The zero-order valence-corrected chi connectivity index (χ0v) is 19.2. The molecule has 3 heterocycles. The molecule has 0 spiro atoms. The molecule has 0 unspecified atom stereocenters. The average Bonchev–Trinajstić information content (AvgIpc) is 3.50. The fourth-order valence-corrected chi connectivity index (χ4v) is 4.37. The van der Waals surface area contributed by atoms with Gasteiger partial charge in [0.15, 0.2) is 17.1 Å². The molecule has 0 fully saturated rings. The molecular formula is C27H21ClN4O2. The molecule has 5 aromatic rings. The maximum atomic E-state index is 6.45. The minimum absolute atomic E-state index is 0.260. The van der Waals surface area contributed by atoms with Crippen LogP contribution in [0.25, 0.3) is 27.8 Å². The van der Waals surface area contributed by atoms with Crippen LogP contribution in [0.1, 0.15) is 11.1 Å². The molecule has 0 saturated carbocycles. The summed E-state index contributed by atoms with van der Waals surface area (Å²) in [5.74, 6) is 2.30. The topological polar surface area (TPSA) is 61.2 Å². The van der Waals surface area contributed by atoms with Crippen molar-refractivity contribution < 1.29 is 9.47 Å². The highest BCUT2D eigenvalue weighted by Gasteiger charge is 2.18. The fraction of sp³-hybridized carbons (Fsp3) is 0.111. The molecule has 1 N–H and O–H groups in total. The third kappa shape index (κ3) is 3.62. The second-order valence-corrected chi connectivity index (χ2v) is 8.58. The van der Waals surface area contributed by atoms with Gasteiger partial charge in [0, 0.05) is 29.0 Å². The normalized spacial score (nSPS) is 12.3. The first-order valence-electron chi connectivity index (χ1n) is 11.0. The van der Waals surface area contributed by atoms with Crippen molar-refractivity contribution in [2.24, 2.45) is 0 Å². The Morgan fingerprint density at radius 1 is 0.971 bits per heavy atom. The molecule has 0 saturated heterocycles. The van der Waals surface area contributed by atoms with Gasteiger partial charge in [0.1, 0.15) is 12.1 Å². The molecule has 6 rings (SSSR count). The van der Waals surface area contributed by atoms with Gasteiger partial charge in [-0.05, 0) is 47.9 Å². The van der Waals surface area contributed by atoms with Crippen LogP contribution in [0.5, 0.6) is 11.5 Å². The molecule has 0 aliphatic carbocycles. The van der Waals surface area contributed by atoms with E-state index in [1.54, 1.807) is 6.33 Å². The Morgan fingerprint density at radius 2 is 1.82 bits per heavy atom.